The van der Waals surface area contributed by atoms with E-state index in [0.717, 1.165) is 25.1 Å². The zero-order valence-corrected chi connectivity index (χ0v) is 12.9. The lowest BCUT2D eigenvalue weighted by Crippen LogP contribution is -2.12. The van der Waals surface area contributed by atoms with Crippen LogP contribution >= 0.6 is 0 Å². The first-order valence-electron chi connectivity index (χ1n) is 7.36. The molecule has 0 fully saturated rings. The molecule has 0 amide bonds. The first kappa shape index (κ1) is 17.5. The van der Waals surface area contributed by atoms with Crippen molar-refractivity contribution in [3.05, 3.63) is 29.8 Å². The van der Waals surface area contributed by atoms with Crippen molar-refractivity contribution in [2.24, 2.45) is 0 Å². The lowest BCUT2D eigenvalue weighted by molar-refractivity contribution is -0.146. The fourth-order valence-corrected chi connectivity index (χ4v) is 1.68. The average molecular weight is 295 g/mol. The Hall–Kier alpha value is -1.59. The highest BCUT2D eigenvalue weighted by atomic mass is 16.7. The van der Waals surface area contributed by atoms with E-state index in [1.165, 1.54) is 5.56 Å². The van der Waals surface area contributed by atoms with Gasteiger partial charge in [-0.3, -0.25) is 4.79 Å². The highest BCUT2D eigenvalue weighted by molar-refractivity contribution is 5.69. The smallest absolute Gasteiger partial charge is 0.305 e. The Morgan fingerprint density at radius 2 is 1.95 bits per heavy atom. The van der Waals surface area contributed by atoms with E-state index in [-0.39, 0.29) is 19.4 Å². The number of benzene rings is 1. The summed E-state index contributed by atoms with van der Waals surface area (Å²) in [6.45, 7) is 3.66. The maximum atomic E-state index is 11.1. The zero-order chi connectivity index (χ0) is 15.3. The highest BCUT2D eigenvalue weighted by Crippen LogP contribution is 2.12. The standard InChI is InChI=1S/C16H25NO4/c1-3-4-16(18)20-12-11-19-13-21-15-7-5-14(6-8-15)9-10-17-2/h5-8,17H,3-4,9-13H2,1-2H3. The fourth-order valence-electron chi connectivity index (χ4n) is 1.68. The van der Waals surface area contributed by atoms with Gasteiger partial charge in [-0.15, -0.1) is 0 Å². The lowest BCUT2D eigenvalue weighted by Gasteiger charge is -2.08. The minimum absolute atomic E-state index is 0.154. The minimum Gasteiger partial charge on any atom is -0.468 e. The molecule has 0 bridgehead atoms. The molecule has 0 saturated heterocycles. The van der Waals surface area contributed by atoms with Crippen molar-refractivity contribution in [2.75, 3.05) is 33.6 Å². The maximum Gasteiger partial charge on any atom is 0.305 e. The van der Waals surface area contributed by atoms with Gasteiger partial charge in [0.25, 0.3) is 0 Å². The molecule has 0 heterocycles. The lowest BCUT2D eigenvalue weighted by atomic mass is 10.1. The Bertz CT molecular complexity index is 392. The van der Waals surface area contributed by atoms with Crippen LogP contribution in [0.2, 0.25) is 0 Å². The number of carbonyl (C=O) groups is 1. The normalized spacial score (nSPS) is 10.4. The van der Waals surface area contributed by atoms with Crippen LogP contribution < -0.4 is 10.1 Å². The molecule has 0 aliphatic rings. The predicted molar refractivity (Wildman–Crippen MR) is 81.4 cm³/mol. The van der Waals surface area contributed by atoms with Crippen molar-refractivity contribution in [3.63, 3.8) is 0 Å². The molecule has 0 aliphatic heterocycles. The number of hydrogen-bond acceptors (Lipinski definition) is 5. The molecule has 0 saturated carbocycles. The summed E-state index contributed by atoms with van der Waals surface area (Å²) in [4.78, 5) is 11.1. The molecule has 0 unspecified atom stereocenters. The van der Waals surface area contributed by atoms with E-state index in [1.54, 1.807) is 0 Å². The number of hydrogen-bond donors (Lipinski definition) is 1. The topological polar surface area (TPSA) is 56.8 Å². The van der Waals surface area contributed by atoms with E-state index in [0.29, 0.717) is 13.0 Å². The first-order valence-corrected chi connectivity index (χ1v) is 7.36. The highest BCUT2D eigenvalue weighted by Gasteiger charge is 2.00. The monoisotopic (exact) mass is 295 g/mol. The molecular formula is C16H25NO4. The molecule has 21 heavy (non-hydrogen) atoms. The van der Waals surface area contributed by atoms with Crippen LogP contribution in [-0.4, -0.2) is 39.6 Å². The van der Waals surface area contributed by atoms with Crippen molar-refractivity contribution >= 4 is 5.97 Å². The SMILES string of the molecule is CCCC(=O)OCCOCOc1ccc(CCNC)cc1. The van der Waals surface area contributed by atoms with Gasteiger partial charge in [0.05, 0.1) is 6.61 Å². The van der Waals surface area contributed by atoms with Crippen LogP contribution in [0.5, 0.6) is 5.75 Å². The summed E-state index contributed by atoms with van der Waals surface area (Å²) in [5.74, 6) is 0.588. The van der Waals surface area contributed by atoms with Crippen LogP contribution in [-0.2, 0) is 20.7 Å². The number of rotatable bonds is 11. The third kappa shape index (κ3) is 8.32. The van der Waals surface area contributed by atoms with Crippen molar-refractivity contribution in [2.45, 2.75) is 26.2 Å². The molecule has 0 radical (unpaired) electrons. The minimum atomic E-state index is -0.181. The average Bonchev–Trinajstić information content (AvgIpc) is 2.50. The number of carbonyl (C=O) groups excluding carboxylic acids is 1. The van der Waals surface area contributed by atoms with Gasteiger partial charge < -0.3 is 19.5 Å². The van der Waals surface area contributed by atoms with Crippen LogP contribution in [0.25, 0.3) is 0 Å². The van der Waals surface area contributed by atoms with E-state index in [9.17, 15) is 4.79 Å². The Morgan fingerprint density at radius 1 is 1.19 bits per heavy atom. The van der Waals surface area contributed by atoms with Crippen molar-refractivity contribution in [1.82, 2.24) is 5.32 Å². The molecule has 1 aromatic rings. The summed E-state index contributed by atoms with van der Waals surface area (Å²) in [5.41, 5.74) is 1.26. The van der Waals surface area contributed by atoms with E-state index in [1.807, 2.05) is 38.2 Å². The summed E-state index contributed by atoms with van der Waals surface area (Å²) in [6, 6.07) is 7.93. The number of ether oxygens (including phenoxy) is 3. The summed E-state index contributed by atoms with van der Waals surface area (Å²) >= 11 is 0. The van der Waals surface area contributed by atoms with Gasteiger partial charge in [-0.2, -0.15) is 0 Å². The molecule has 118 valence electrons. The van der Waals surface area contributed by atoms with Gasteiger partial charge >= 0.3 is 5.97 Å². The van der Waals surface area contributed by atoms with Crippen LogP contribution in [0, 0.1) is 0 Å². The van der Waals surface area contributed by atoms with E-state index in [2.05, 4.69) is 5.32 Å². The third-order valence-corrected chi connectivity index (χ3v) is 2.84. The van der Waals surface area contributed by atoms with Crippen LogP contribution in [0.15, 0.2) is 24.3 Å². The summed E-state index contributed by atoms with van der Waals surface area (Å²) in [7, 11) is 1.94. The third-order valence-electron chi connectivity index (χ3n) is 2.84. The Labute approximate surface area is 126 Å². The van der Waals surface area contributed by atoms with Gasteiger partial charge in [0, 0.05) is 6.42 Å². The van der Waals surface area contributed by atoms with Crippen LogP contribution in [0.3, 0.4) is 0 Å². The van der Waals surface area contributed by atoms with E-state index < -0.39 is 0 Å². The first-order chi connectivity index (χ1) is 10.3. The van der Waals surface area contributed by atoms with Gasteiger partial charge in [0.15, 0.2) is 6.79 Å². The largest absolute Gasteiger partial charge is 0.468 e. The molecule has 0 spiro atoms. The molecule has 1 N–H and O–H groups in total. The number of likely N-dealkylation sites (N-methyl/N-ethyl adjacent to an activating group) is 1. The molecule has 1 rings (SSSR count). The van der Waals surface area contributed by atoms with E-state index >= 15 is 0 Å². The molecule has 1 aromatic carbocycles. The molecule has 0 aromatic heterocycles. The zero-order valence-electron chi connectivity index (χ0n) is 12.9. The summed E-state index contributed by atoms with van der Waals surface area (Å²) in [5, 5.41) is 3.11. The van der Waals surface area contributed by atoms with Gasteiger partial charge in [0.2, 0.25) is 0 Å². The van der Waals surface area contributed by atoms with Gasteiger partial charge in [0.1, 0.15) is 12.4 Å². The fraction of sp³-hybridized carbons (Fsp3) is 0.562. The van der Waals surface area contributed by atoms with Gasteiger partial charge in [-0.05, 0) is 44.1 Å². The number of nitrogens with one attached hydrogen (secondary N) is 1. The summed E-state index contributed by atoms with van der Waals surface area (Å²) in [6.07, 6.45) is 2.25. The van der Waals surface area contributed by atoms with E-state index in [4.69, 9.17) is 14.2 Å². The molecule has 5 heteroatoms. The summed E-state index contributed by atoms with van der Waals surface area (Å²) < 4.78 is 15.7. The maximum absolute atomic E-state index is 11.1. The second-order valence-corrected chi connectivity index (χ2v) is 4.64. The Balaban J connectivity index is 2.08. The van der Waals surface area contributed by atoms with Gasteiger partial charge in [-0.25, -0.2) is 0 Å². The van der Waals surface area contributed by atoms with Crippen molar-refractivity contribution < 1.29 is 19.0 Å². The van der Waals surface area contributed by atoms with Crippen molar-refractivity contribution in [3.8, 4) is 5.75 Å². The van der Waals surface area contributed by atoms with Crippen LogP contribution in [0.1, 0.15) is 25.3 Å². The Kier molecular flexibility index (Phi) is 9.24. The second kappa shape index (κ2) is 11.1. The Morgan fingerprint density at radius 3 is 2.62 bits per heavy atom. The molecule has 5 nitrogen and oxygen atoms in total. The van der Waals surface area contributed by atoms with Crippen molar-refractivity contribution in [1.29, 1.82) is 0 Å². The molecule has 0 aliphatic carbocycles. The van der Waals surface area contributed by atoms with Crippen LogP contribution in [0.4, 0.5) is 0 Å². The molecular weight excluding hydrogens is 270 g/mol. The quantitative estimate of drug-likeness (QED) is 0.385. The number of esters is 1. The predicted octanol–water partition coefficient (Wildman–Crippen LogP) is 2.14. The molecule has 0 atom stereocenters. The van der Waals surface area contributed by atoms with Gasteiger partial charge in [-0.1, -0.05) is 19.1 Å². The second-order valence-electron chi connectivity index (χ2n) is 4.64.